The zero-order valence-electron chi connectivity index (χ0n) is 10.8. The molecule has 100 valence electrons. The highest BCUT2D eigenvalue weighted by atomic mass is 79.9. The summed E-state index contributed by atoms with van der Waals surface area (Å²) in [6.07, 6.45) is 0. The molecule has 19 heavy (non-hydrogen) atoms. The van der Waals surface area contributed by atoms with Crippen molar-refractivity contribution < 1.29 is 4.79 Å². The van der Waals surface area contributed by atoms with Crippen LogP contribution in [-0.2, 0) is 0 Å². The number of amides is 1. The number of halogens is 2. The Bertz CT molecular complexity index is 606. The lowest BCUT2D eigenvalue weighted by Crippen LogP contribution is -2.11. The van der Waals surface area contributed by atoms with Crippen LogP contribution in [0.3, 0.4) is 0 Å². The van der Waals surface area contributed by atoms with Crippen LogP contribution in [0.5, 0.6) is 0 Å². The quantitative estimate of drug-likeness (QED) is 0.710. The van der Waals surface area contributed by atoms with E-state index in [-0.39, 0.29) is 5.91 Å². The molecule has 1 aromatic heterocycles. The number of rotatable bonds is 2. The first kappa shape index (κ1) is 14.8. The molecule has 2 nitrogen and oxygen atoms in total. The number of hydrogen-bond acceptors (Lipinski definition) is 2. The van der Waals surface area contributed by atoms with E-state index in [0.29, 0.717) is 4.88 Å². The molecule has 0 atom stereocenters. The zero-order chi connectivity index (χ0) is 14.2. The molecule has 5 heteroatoms. The minimum absolute atomic E-state index is 0.0774. The smallest absolute Gasteiger partial charge is 0.265 e. The van der Waals surface area contributed by atoms with E-state index in [2.05, 4.69) is 43.2 Å². The summed E-state index contributed by atoms with van der Waals surface area (Å²) < 4.78 is 1.91. The topological polar surface area (TPSA) is 29.1 Å². The summed E-state index contributed by atoms with van der Waals surface area (Å²) in [6, 6.07) is 5.94. The Balaban J connectivity index is 2.29. The standard InChI is InChI=1S/C14H13Br2NOS/c1-7-4-8(2)12(10(15)5-7)17-14(18)11-6-9(3)13(16)19-11/h4-6H,1-3H3,(H,17,18). The fourth-order valence-electron chi connectivity index (χ4n) is 1.82. The molecule has 1 aromatic carbocycles. The van der Waals surface area contributed by atoms with Gasteiger partial charge in [0.15, 0.2) is 0 Å². The number of carbonyl (C=O) groups excluding carboxylic acids is 1. The number of nitrogens with one attached hydrogen (secondary N) is 1. The minimum atomic E-state index is -0.0774. The Labute approximate surface area is 133 Å². The number of anilines is 1. The third-order valence-corrected chi connectivity index (χ3v) is 5.51. The molecule has 0 aliphatic carbocycles. The summed E-state index contributed by atoms with van der Waals surface area (Å²) >= 11 is 8.38. The van der Waals surface area contributed by atoms with Gasteiger partial charge in [0.1, 0.15) is 0 Å². The third-order valence-electron chi connectivity index (χ3n) is 2.75. The van der Waals surface area contributed by atoms with Gasteiger partial charge in [-0.15, -0.1) is 11.3 Å². The highest BCUT2D eigenvalue weighted by Gasteiger charge is 2.14. The van der Waals surface area contributed by atoms with E-state index >= 15 is 0 Å². The largest absolute Gasteiger partial charge is 0.320 e. The Morgan fingerprint density at radius 3 is 2.32 bits per heavy atom. The fraction of sp³-hybridized carbons (Fsp3) is 0.214. The van der Waals surface area contributed by atoms with Crippen molar-refractivity contribution >= 4 is 54.8 Å². The molecule has 0 saturated heterocycles. The van der Waals surface area contributed by atoms with Gasteiger partial charge in [0.05, 0.1) is 14.4 Å². The molecule has 0 bridgehead atoms. The van der Waals surface area contributed by atoms with Crippen molar-refractivity contribution in [1.29, 1.82) is 0 Å². The number of thiophene rings is 1. The Morgan fingerprint density at radius 1 is 1.11 bits per heavy atom. The summed E-state index contributed by atoms with van der Waals surface area (Å²) in [5.74, 6) is -0.0774. The van der Waals surface area contributed by atoms with Gasteiger partial charge in [-0.25, -0.2) is 0 Å². The van der Waals surface area contributed by atoms with Crippen LogP contribution in [0.2, 0.25) is 0 Å². The molecular weight excluding hydrogens is 390 g/mol. The molecule has 2 rings (SSSR count). The van der Waals surface area contributed by atoms with Crippen LogP contribution < -0.4 is 5.32 Å². The molecule has 0 aliphatic heterocycles. The molecule has 0 saturated carbocycles. The van der Waals surface area contributed by atoms with Crippen LogP contribution in [0.25, 0.3) is 0 Å². The highest BCUT2D eigenvalue weighted by Crippen LogP contribution is 2.31. The van der Waals surface area contributed by atoms with Crippen LogP contribution in [0.15, 0.2) is 26.5 Å². The van der Waals surface area contributed by atoms with Gasteiger partial charge in [-0.3, -0.25) is 4.79 Å². The molecule has 0 fully saturated rings. The summed E-state index contributed by atoms with van der Waals surface area (Å²) in [5.41, 5.74) is 4.12. The van der Waals surface area contributed by atoms with E-state index in [0.717, 1.165) is 30.6 Å². The predicted molar refractivity (Wildman–Crippen MR) is 88.3 cm³/mol. The van der Waals surface area contributed by atoms with Crippen LogP contribution >= 0.6 is 43.2 Å². The maximum Gasteiger partial charge on any atom is 0.265 e. The summed E-state index contributed by atoms with van der Waals surface area (Å²) in [4.78, 5) is 12.9. The second-order valence-electron chi connectivity index (χ2n) is 4.46. The lowest BCUT2D eigenvalue weighted by atomic mass is 10.1. The van der Waals surface area contributed by atoms with Crippen molar-refractivity contribution in [2.45, 2.75) is 20.8 Å². The fourth-order valence-corrected chi connectivity index (χ4v) is 4.02. The van der Waals surface area contributed by atoms with Crippen molar-refractivity contribution in [3.8, 4) is 0 Å². The monoisotopic (exact) mass is 401 g/mol. The average Bonchev–Trinajstić information content (AvgIpc) is 2.64. The van der Waals surface area contributed by atoms with Crippen molar-refractivity contribution in [2.75, 3.05) is 5.32 Å². The first-order chi connectivity index (χ1) is 8.88. The highest BCUT2D eigenvalue weighted by molar-refractivity contribution is 9.11. The van der Waals surface area contributed by atoms with Crippen molar-refractivity contribution in [2.24, 2.45) is 0 Å². The van der Waals surface area contributed by atoms with Gasteiger partial charge in [0, 0.05) is 4.47 Å². The van der Waals surface area contributed by atoms with Gasteiger partial charge >= 0.3 is 0 Å². The van der Waals surface area contributed by atoms with E-state index in [4.69, 9.17) is 0 Å². The van der Waals surface area contributed by atoms with Crippen molar-refractivity contribution in [3.05, 3.63) is 48.0 Å². The second kappa shape index (κ2) is 5.77. The number of benzene rings is 1. The second-order valence-corrected chi connectivity index (χ2v) is 7.68. The maximum atomic E-state index is 12.2. The average molecular weight is 403 g/mol. The Morgan fingerprint density at radius 2 is 1.79 bits per heavy atom. The first-order valence-corrected chi connectivity index (χ1v) is 8.12. The van der Waals surface area contributed by atoms with E-state index in [1.807, 2.05) is 32.9 Å². The molecule has 1 heterocycles. The molecule has 0 aliphatic rings. The Kier molecular flexibility index (Phi) is 4.48. The van der Waals surface area contributed by atoms with Gasteiger partial charge in [-0.1, -0.05) is 6.07 Å². The van der Waals surface area contributed by atoms with E-state index in [1.54, 1.807) is 0 Å². The van der Waals surface area contributed by atoms with Crippen molar-refractivity contribution in [1.82, 2.24) is 0 Å². The normalized spacial score (nSPS) is 10.6. The van der Waals surface area contributed by atoms with Crippen LogP contribution in [0.4, 0.5) is 5.69 Å². The van der Waals surface area contributed by atoms with Crippen LogP contribution in [0.1, 0.15) is 26.4 Å². The lowest BCUT2D eigenvalue weighted by Gasteiger charge is -2.11. The molecule has 0 radical (unpaired) electrons. The van der Waals surface area contributed by atoms with E-state index in [9.17, 15) is 4.79 Å². The van der Waals surface area contributed by atoms with Gasteiger partial charge in [-0.2, -0.15) is 0 Å². The molecule has 2 aromatic rings. The maximum absolute atomic E-state index is 12.2. The molecule has 0 unspecified atom stereocenters. The molecule has 0 spiro atoms. The molecular formula is C14H13Br2NOS. The zero-order valence-corrected chi connectivity index (χ0v) is 14.8. The van der Waals surface area contributed by atoms with Crippen LogP contribution in [0, 0.1) is 20.8 Å². The third kappa shape index (κ3) is 3.27. The van der Waals surface area contributed by atoms with Crippen molar-refractivity contribution in [3.63, 3.8) is 0 Å². The van der Waals surface area contributed by atoms with E-state index in [1.165, 1.54) is 11.3 Å². The van der Waals surface area contributed by atoms with Gasteiger partial charge in [0.25, 0.3) is 5.91 Å². The first-order valence-electron chi connectivity index (χ1n) is 5.72. The SMILES string of the molecule is Cc1cc(C)c(NC(=O)c2cc(C)c(Br)s2)c(Br)c1. The minimum Gasteiger partial charge on any atom is -0.320 e. The van der Waals surface area contributed by atoms with Gasteiger partial charge in [0.2, 0.25) is 0 Å². The van der Waals surface area contributed by atoms with E-state index < -0.39 is 0 Å². The van der Waals surface area contributed by atoms with Gasteiger partial charge < -0.3 is 5.32 Å². The number of hydrogen-bond donors (Lipinski definition) is 1. The van der Waals surface area contributed by atoms with Gasteiger partial charge in [-0.05, 0) is 81.5 Å². The predicted octanol–water partition coefficient (Wildman–Crippen LogP) is 5.45. The Hall–Kier alpha value is -0.650. The molecule has 1 N–H and O–H groups in total. The number of carbonyl (C=O) groups is 1. The summed E-state index contributed by atoms with van der Waals surface area (Å²) in [5, 5.41) is 2.97. The summed E-state index contributed by atoms with van der Waals surface area (Å²) in [7, 11) is 0. The molecule has 1 amide bonds. The number of aryl methyl sites for hydroxylation is 3. The lowest BCUT2D eigenvalue weighted by molar-refractivity contribution is 0.103. The summed E-state index contributed by atoms with van der Waals surface area (Å²) in [6.45, 7) is 6.00. The van der Waals surface area contributed by atoms with Crippen LogP contribution in [-0.4, -0.2) is 5.91 Å².